The van der Waals surface area contributed by atoms with E-state index in [1.807, 2.05) is 5.38 Å². The second-order valence-electron chi connectivity index (χ2n) is 5.30. The molecule has 2 N–H and O–H groups in total. The van der Waals surface area contributed by atoms with Gasteiger partial charge in [-0.25, -0.2) is 13.4 Å². The fraction of sp³-hybridized carbons (Fsp3) is 0.583. The molecule has 3 rings (SSSR count). The van der Waals surface area contributed by atoms with Gasteiger partial charge in [-0.05, 0) is 25.2 Å². The fourth-order valence-corrected chi connectivity index (χ4v) is 5.08. The molecule has 3 heterocycles. The van der Waals surface area contributed by atoms with Gasteiger partial charge in [0.15, 0.2) is 15.8 Å². The monoisotopic (exact) mass is 314 g/mol. The zero-order valence-corrected chi connectivity index (χ0v) is 13.0. The van der Waals surface area contributed by atoms with Crippen LogP contribution in [0.25, 0.3) is 4.96 Å². The molecule has 6 nitrogen and oxygen atoms in total. The Bertz CT molecular complexity index is 719. The molecule has 0 bridgehead atoms. The molecule has 1 fully saturated rings. The number of sulfonamides is 1. The van der Waals surface area contributed by atoms with E-state index in [1.54, 1.807) is 14.9 Å². The Morgan fingerprint density at radius 1 is 1.40 bits per heavy atom. The second-order valence-corrected chi connectivity index (χ2v) is 8.02. The van der Waals surface area contributed by atoms with Crippen molar-refractivity contribution in [1.82, 2.24) is 13.7 Å². The van der Waals surface area contributed by atoms with Crippen molar-refractivity contribution < 1.29 is 8.42 Å². The minimum absolute atomic E-state index is 0.0918. The van der Waals surface area contributed by atoms with E-state index in [0.717, 1.165) is 19.3 Å². The van der Waals surface area contributed by atoms with E-state index >= 15 is 0 Å². The van der Waals surface area contributed by atoms with Crippen molar-refractivity contribution in [1.29, 1.82) is 0 Å². The number of imidazole rings is 1. The first-order chi connectivity index (χ1) is 9.50. The van der Waals surface area contributed by atoms with Gasteiger partial charge >= 0.3 is 0 Å². The smallest absolute Gasteiger partial charge is 0.262 e. The van der Waals surface area contributed by atoms with Crippen LogP contribution in [-0.4, -0.2) is 35.2 Å². The summed E-state index contributed by atoms with van der Waals surface area (Å²) < 4.78 is 28.8. The molecular weight excluding hydrogens is 296 g/mol. The van der Waals surface area contributed by atoms with Gasteiger partial charge in [0.1, 0.15) is 0 Å². The van der Waals surface area contributed by atoms with Crippen LogP contribution in [0.4, 0.5) is 5.82 Å². The van der Waals surface area contributed by atoms with Crippen LogP contribution in [0, 0.1) is 5.92 Å². The lowest BCUT2D eigenvalue weighted by Gasteiger charge is -2.19. The largest absolute Gasteiger partial charge is 0.381 e. The van der Waals surface area contributed by atoms with E-state index in [9.17, 15) is 8.42 Å². The van der Waals surface area contributed by atoms with Crippen molar-refractivity contribution in [2.45, 2.75) is 31.2 Å². The van der Waals surface area contributed by atoms with E-state index in [0.29, 0.717) is 24.0 Å². The standard InChI is InChI=1S/C12H18N4O2S2/c1-9-3-2-5-15(6-4-9)20(17,18)11-10(13)14-12-16(11)7-8-19-12/h7-9H,2-6,13H2,1H3. The zero-order chi connectivity index (χ0) is 14.3. The lowest BCUT2D eigenvalue weighted by Crippen LogP contribution is -2.33. The Labute approximate surface area is 122 Å². The topological polar surface area (TPSA) is 80.7 Å². The highest BCUT2D eigenvalue weighted by Crippen LogP contribution is 2.28. The number of hydrogen-bond acceptors (Lipinski definition) is 5. The summed E-state index contributed by atoms with van der Waals surface area (Å²) in [7, 11) is -3.58. The third kappa shape index (κ3) is 2.21. The highest BCUT2D eigenvalue weighted by atomic mass is 32.2. The SMILES string of the molecule is CC1CCCN(S(=O)(=O)c2c(N)nc3sccn23)CC1. The molecule has 0 amide bonds. The van der Waals surface area contributed by atoms with Gasteiger partial charge < -0.3 is 5.73 Å². The molecule has 0 spiro atoms. The highest BCUT2D eigenvalue weighted by molar-refractivity contribution is 7.89. The number of fused-ring (bicyclic) bond motifs is 1. The number of nitrogen functional groups attached to an aromatic ring is 1. The van der Waals surface area contributed by atoms with Crippen molar-refractivity contribution in [3.8, 4) is 0 Å². The van der Waals surface area contributed by atoms with Crippen LogP contribution in [0.1, 0.15) is 26.2 Å². The Morgan fingerprint density at radius 3 is 3.00 bits per heavy atom. The molecule has 1 atom stereocenters. The number of nitrogens with two attached hydrogens (primary N) is 1. The molecule has 1 aliphatic rings. The lowest BCUT2D eigenvalue weighted by atomic mass is 10.0. The summed E-state index contributed by atoms with van der Waals surface area (Å²) in [5, 5.41) is 1.92. The van der Waals surface area contributed by atoms with Crippen molar-refractivity contribution in [2.24, 2.45) is 5.92 Å². The quantitative estimate of drug-likeness (QED) is 0.916. The summed E-state index contributed by atoms with van der Waals surface area (Å²) in [5.74, 6) is 0.660. The number of aromatic nitrogens is 2. The molecule has 0 aromatic carbocycles. The minimum Gasteiger partial charge on any atom is -0.381 e. The summed E-state index contributed by atoms with van der Waals surface area (Å²) in [5.41, 5.74) is 5.83. The average molecular weight is 314 g/mol. The van der Waals surface area contributed by atoms with Crippen LogP contribution in [0.5, 0.6) is 0 Å². The number of anilines is 1. The average Bonchev–Trinajstić information content (AvgIpc) is 2.83. The van der Waals surface area contributed by atoms with Crippen LogP contribution in [-0.2, 0) is 10.0 Å². The van der Waals surface area contributed by atoms with Gasteiger partial charge in [-0.2, -0.15) is 4.31 Å². The van der Waals surface area contributed by atoms with Crippen LogP contribution in [0.3, 0.4) is 0 Å². The maximum atomic E-state index is 12.8. The molecule has 1 unspecified atom stereocenters. The van der Waals surface area contributed by atoms with Gasteiger partial charge in [-0.1, -0.05) is 6.92 Å². The number of nitrogens with zero attached hydrogens (tertiary/aromatic N) is 3. The molecule has 1 aliphatic heterocycles. The molecule has 1 saturated heterocycles. The summed E-state index contributed by atoms with van der Waals surface area (Å²) in [6.45, 7) is 3.28. The predicted octanol–water partition coefficient (Wildman–Crippen LogP) is 1.79. The van der Waals surface area contributed by atoms with Crippen LogP contribution in [0.15, 0.2) is 16.6 Å². The third-order valence-electron chi connectivity index (χ3n) is 3.80. The maximum absolute atomic E-state index is 12.8. The van der Waals surface area contributed by atoms with E-state index in [1.165, 1.54) is 11.3 Å². The number of hydrogen-bond donors (Lipinski definition) is 1. The van der Waals surface area contributed by atoms with E-state index in [4.69, 9.17) is 5.73 Å². The molecule has 2 aromatic rings. The summed E-state index contributed by atoms with van der Waals surface area (Å²) in [6, 6.07) is 0. The Morgan fingerprint density at radius 2 is 2.20 bits per heavy atom. The summed E-state index contributed by atoms with van der Waals surface area (Å²) >= 11 is 1.38. The Hall–Kier alpha value is -1.12. The number of thiazole rings is 1. The van der Waals surface area contributed by atoms with E-state index in [-0.39, 0.29) is 10.8 Å². The molecular formula is C12H18N4O2S2. The van der Waals surface area contributed by atoms with Crippen molar-refractivity contribution in [3.63, 3.8) is 0 Å². The normalized spacial score (nSPS) is 22.1. The minimum atomic E-state index is -3.58. The van der Waals surface area contributed by atoms with Gasteiger partial charge in [0, 0.05) is 24.7 Å². The molecule has 20 heavy (non-hydrogen) atoms. The molecule has 8 heteroatoms. The Balaban J connectivity index is 2.03. The lowest BCUT2D eigenvalue weighted by molar-refractivity contribution is 0.415. The van der Waals surface area contributed by atoms with Gasteiger partial charge in [0.2, 0.25) is 0 Å². The maximum Gasteiger partial charge on any atom is 0.262 e. The van der Waals surface area contributed by atoms with Gasteiger partial charge in [0.05, 0.1) is 0 Å². The van der Waals surface area contributed by atoms with Gasteiger partial charge in [-0.15, -0.1) is 11.3 Å². The molecule has 0 aliphatic carbocycles. The third-order valence-corrected chi connectivity index (χ3v) is 6.50. The van der Waals surface area contributed by atoms with Crippen LogP contribution in [0.2, 0.25) is 0 Å². The summed E-state index contributed by atoms with van der Waals surface area (Å²) in [6.07, 6.45) is 4.56. The van der Waals surface area contributed by atoms with E-state index < -0.39 is 10.0 Å². The van der Waals surface area contributed by atoms with Crippen molar-refractivity contribution in [2.75, 3.05) is 18.8 Å². The van der Waals surface area contributed by atoms with Crippen molar-refractivity contribution in [3.05, 3.63) is 11.6 Å². The van der Waals surface area contributed by atoms with Gasteiger partial charge in [-0.3, -0.25) is 4.40 Å². The molecule has 2 aromatic heterocycles. The van der Waals surface area contributed by atoms with Crippen LogP contribution >= 0.6 is 11.3 Å². The van der Waals surface area contributed by atoms with Crippen molar-refractivity contribution >= 4 is 32.1 Å². The zero-order valence-electron chi connectivity index (χ0n) is 11.3. The summed E-state index contributed by atoms with van der Waals surface area (Å²) in [4.78, 5) is 4.74. The predicted molar refractivity (Wildman–Crippen MR) is 79.3 cm³/mol. The van der Waals surface area contributed by atoms with Gasteiger partial charge in [0.25, 0.3) is 10.0 Å². The second kappa shape index (κ2) is 5.01. The molecule has 0 saturated carbocycles. The number of rotatable bonds is 2. The first-order valence-corrected chi connectivity index (χ1v) is 9.03. The highest BCUT2D eigenvalue weighted by Gasteiger charge is 2.32. The first kappa shape index (κ1) is 13.8. The van der Waals surface area contributed by atoms with E-state index in [2.05, 4.69) is 11.9 Å². The molecule has 110 valence electrons. The molecule has 0 radical (unpaired) electrons. The fourth-order valence-electron chi connectivity index (χ4n) is 2.64. The first-order valence-electron chi connectivity index (χ1n) is 6.71. The Kier molecular flexibility index (Phi) is 3.47. The van der Waals surface area contributed by atoms with Crippen LogP contribution < -0.4 is 5.73 Å².